The Kier molecular flexibility index (Phi) is 4.35. The summed E-state index contributed by atoms with van der Waals surface area (Å²) in [4.78, 5) is 22.3. The Morgan fingerprint density at radius 3 is 2.83 bits per heavy atom. The van der Waals surface area contributed by atoms with Gasteiger partial charge in [0.2, 0.25) is 0 Å². The first-order valence-electron chi connectivity index (χ1n) is 8.35. The van der Waals surface area contributed by atoms with Gasteiger partial charge in [-0.2, -0.15) is 5.10 Å². The second-order valence-electron chi connectivity index (χ2n) is 6.59. The average molecular weight is 315 g/mol. The molecule has 0 radical (unpaired) electrons. The molecule has 23 heavy (non-hydrogen) atoms. The van der Waals surface area contributed by atoms with Crippen LogP contribution in [0.25, 0.3) is 0 Å². The fourth-order valence-electron chi connectivity index (χ4n) is 3.03. The van der Waals surface area contributed by atoms with E-state index in [0.29, 0.717) is 6.54 Å². The van der Waals surface area contributed by atoms with Gasteiger partial charge in [-0.05, 0) is 13.8 Å². The molecule has 1 N–H and O–H groups in total. The van der Waals surface area contributed by atoms with E-state index in [-0.39, 0.29) is 11.5 Å². The first-order chi connectivity index (χ1) is 11.0. The van der Waals surface area contributed by atoms with Crippen LogP contribution in [0, 0.1) is 6.92 Å². The number of aromatic amines is 1. The summed E-state index contributed by atoms with van der Waals surface area (Å²) in [5, 5.41) is 4.50. The highest BCUT2D eigenvalue weighted by atomic mass is 16.1. The summed E-state index contributed by atoms with van der Waals surface area (Å²) in [5.41, 5.74) is 4.11. The van der Waals surface area contributed by atoms with Crippen molar-refractivity contribution in [3.63, 3.8) is 0 Å². The number of nitrogens with zero attached hydrogens (tertiary/aromatic N) is 4. The topological polar surface area (TPSA) is 66.8 Å². The fraction of sp³-hybridized carbons (Fsp3) is 0.588. The molecule has 0 atom stereocenters. The smallest absolute Gasteiger partial charge is 0.255 e. The van der Waals surface area contributed by atoms with Crippen LogP contribution in [0.1, 0.15) is 55.0 Å². The average Bonchev–Trinajstić information content (AvgIpc) is 2.88. The lowest BCUT2D eigenvalue weighted by Crippen LogP contribution is -2.36. The number of rotatable bonds is 4. The summed E-state index contributed by atoms with van der Waals surface area (Å²) >= 11 is 0. The van der Waals surface area contributed by atoms with Crippen molar-refractivity contribution in [3.8, 4) is 0 Å². The number of fused-ring (bicyclic) bond motifs is 1. The van der Waals surface area contributed by atoms with Crippen LogP contribution in [0.5, 0.6) is 0 Å². The van der Waals surface area contributed by atoms with Crippen LogP contribution in [0.15, 0.2) is 11.0 Å². The molecule has 1 aliphatic rings. The van der Waals surface area contributed by atoms with E-state index in [1.54, 1.807) is 0 Å². The Labute approximate surface area is 136 Å². The molecule has 0 saturated heterocycles. The van der Waals surface area contributed by atoms with Crippen molar-refractivity contribution in [3.05, 3.63) is 44.9 Å². The number of aromatic nitrogens is 4. The maximum atomic E-state index is 12.4. The van der Waals surface area contributed by atoms with E-state index in [1.165, 1.54) is 5.56 Å². The Balaban J connectivity index is 1.80. The van der Waals surface area contributed by atoms with Crippen molar-refractivity contribution in [2.45, 2.75) is 59.7 Å². The van der Waals surface area contributed by atoms with Crippen LogP contribution >= 0.6 is 0 Å². The molecule has 0 spiro atoms. The molecular formula is C17H25N5O. The second kappa shape index (κ2) is 6.28. The molecular weight excluding hydrogens is 290 g/mol. The number of hydrogen-bond acceptors (Lipinski definition) is 4. The third-order valence-corrected chi connectivity index (χ3v) is 4.48. The molecule has 0 unspecified atom stereocenters. The molecule has 0 fully saturated rings. The van der Waals surface area contributed by atoms with Gasteiger partial charge < -0.3 is 4.98 Å². The minimum Gasteiger partial charge on any atom is -0.310 e. The van der Waals surface area contributed by atoms with Gasteiger partial charge in [0, 0.05) is 50.3 Å². The van der Waals surface area contributed by atoms with Crippen molar-refractivity contribution in [1.29, 1.82) is 0 Å². The summed E-state index contributed by atoms with van der Waals surface area (Å²) in [6.07, 6.45) is 2.94. The zero-order valence-corrected chi connectivity index (χ0v) is 14.4. The predicted molar refractivity (Wildman–Crippen MR) is 89.4 cm³/mol. The standard InChI is InChI=1S/C17H25N5O/c1-5-22-9-13(12(4)20-22)8-21-7-6-15-14(10-21)17(23)19-16(18-15)11(2)3/h9,11H,5-8,10H2,1-4H3,(H,18,19,23). The Morgan fingerprint density at radius 2 is 2.17 bits per heavy atom. The zero-order chi connectivity index (χ0) is 16.6. The molecule has 0 aliphatic carbocycles. The number of aryl methyl sites for hydroxylation is 2. The van der Waals surface area contributed by atoms with Gasteiger partial charge >= 0.3 is 0 Å². The minimum atomic E-state index is 0.0179. The van der Waals surface area contributed by atoms with E-state index in [4.69, 9.17) is 0 Å². The van der Waals surface area contributed by atoms with Crippen LogP contribution in [0.2, 0.25) is 0 Å². The number of H-pyrrole nitrogens is 1. The molecule has 3 heterocycles. The molecule has 6 heteroatoms. The lowest BCUT2D eigenvalue weighted by atomic mass is 10.1. The van der Waals surface area contributed by atoms with Gasteiger partial charge in [0.05, 0.1) is 17.0 Å². The highest BCUT2D eigenvalue weighted by Gasteiger charge is 2.22. The first-order valence-corrected chi connectivity index (χ1v) is 8.35. The molecule has 124 valence electrons. The van der Waals surface area contributed by atoms with Crippen molar-refractivity contribution in [1.82, 2.24) is 24.6 Å². The summed E-state index contributed by atoms with van der Waals surface area (Å²) < 4.78 is 1.96. The molecule has 1 aliphatic heterocycles. The molecule has 0 amide bonds. The Bertz CT molecular complexity index is 759. The molecule has 2 aromatic heterocycles. The van der Waals surface area contributed by atoms with Crippen molar-refractivity contribution in [2.75, 3.05) is 6.54 Å². The van der Waals surface area contributed by atoms with Gasteiger partial charge in [-0.3, -0.25) is 14.4 Å². The summed E-state index contributed by atoms with van der Waals surface area (Å²) in [6, 6.07) is 0. The Morgan fingerprint density at radius 1 is 1.39 bits per heavy atom. The van der Waals surface area contributed by atoms with Gasteiger partial charge in [0.25, 0.3) is 5.56 Å². The highest BCUT2D eigenvalue weighted by molar-refractivity contribution is 5.23. The summed E-state index contributed by atoms with van der Waals surface area (Å²) in [6.45, 7) is 11.5. The number of hydrogen-bond donors (Lipinski definition) is 1. The number of nitrogens with one attached hydrogen (secondary N) is 1. The van der Waals surface area contributed by atoms with Crippen LogP contribution in [-0.2, 0) is 26.1 Å². The fourth-order valence-corrected chi connectivity index (χ4v) is 3.03. The third-order valence-electron chi connectivity index (χ3n) is 4.48. The summed E-state index contributed by atoms with van der Waals surface area (Å²) in [7, 11) is 0. The van der Waals surface area contributed by atoms with E-state index in [1.807, 2.05) is 25.5 Å². The molecule has 0 aromatic carbocycles. The van der Waals surface area contributed by atoms with E-state index >= 15 is 0 Å². The maximum Gasteiger partial charge on any atom is 0.255 e. The van der Waals surface area contributed by atoms with Crippen LogP contribution in [0.4, 0.5) is 0 Å². The highest BCUT2D eigenvalue weighted by Crippen LogP contribution is 2.19. The van der Waals surface area contributed by atoms with Gasteiger partial charge in [0.1, 0.15) is 5.82 Å². The molecule has 0 bridgehead atoms. The Hall–Kier alpha value is -1.95. The van der Waals surface area contributed by atoms with Crippen molar-refractivity contribution < 1.29 is 0 Å². The summed E-state index contributed by atoms with van der Waals surface area (Å²) in [5.74, 6) is 1.04. The van der Waals surface area contributed by atoms with Crippen molar-refractivity contribution >= 4 is 0 Å². The van der Waals surface area contributed by atoms with Gasteiger partial charge in [-0.1, -0.05) is 13.8 Å². The van der Waals surface area contributed by atoms with E-state index in [2.05, 4.69) is 33.1 Å². The van der Waals surface area contributed by atoms with Gasteiger partial charge in [0.15, 0.2) is 0 Å². The lowest BCUT2D eigenvalue weighted by molar-refractivity contribution is 0.241. The third kappa shape index (κ3) is 3.22. The van der Waals surface area contributed by atoms with Gasteiger partial charge in [-0.25, -0.2) is 4.98 Å². The van der Waals surface area contributed by atoms with E-state index < -0.39 is 0 Å². The quantitative estimate of drug-likeness (QED) is 0.937. The largest absolute Gasteiger partial charge is 0.310 e. The zero-order valence-electron chi connectivity index (χ0n) is 14.4. The van der Waals surface area contributed by atoms with Crippen LogP contribution < -0.4 is 5.56 Å². The lowest BCUT2D eigenvalue weighted by Gasteiger charge is -2.27. The monoisotopic (exact) mass is 315 g/mol. The van der Waals surface area contributed by atoms with E-state index in [0.717, 1.165) is 48.8 Å². The van der Waals surface area contributed by atoms with Gasteiger partial charge in [-0.15, -0.1) is 0 Å². The predicted octanol–water partition coefficient (Wildman–Crippen LogP) is 1.98. The van der Waals surface area contributed by atoms with Crippen LogP contribution in [-0.4, -0.2) is 31.2 Å². The minimum absolute atomic E-state index is 0.0179. The molecule has 6 nitrogen and oxygen atoms in total. The second-order valence-corrected chi connectivity index (χ2v) is 6.59. The SMILES string of the molecule is CCn1cc(CN2CCc3nc(C(C)C)[nH]c(=O)c3C2)c(C)n1. The first kappa shape index (κ1) is 15.9. The maximum absolute atomic E-state index is 12.4. The van der Waals surface area contributed by atoms with E-state index in [9.17, 15) is 4.79 Å². The molecule has 3 rings (SSSR count). The molecule has 2 aromatic rings. The normalized spacial score (nSPS) is 15.2. The van der Waals surface area contributed by atoms with Crippen molar-refractivity contribution in [2.24, 2.45) is 0 Å². The van der Waals surface area contributed by atoms with Crippen LogP contribution in [0.3, 0.4) is 0 Å². The molecule has 0 saturated carbocycles.